The second-order valence-electron chi connectivity index (χ2n) is 5.90. The van der Waals surface area contributed by atoms with Gasteiger partial charge in [-0.25, -0.2) is 0 Å². The first-order chi connectivity index (χ1) is 11.5. The number of allylic oxidation sites excluding steroid dienone is 2. The Morgan fingerprint density at radius 3 is 2.00 bits per heavy atom. The zero-order valence-corrected chi connectivity index (χ0v) is 14.5. The molecular formula is C20H16Cl2O2. The lowest BCUT2D eigenvalue weighted by atomic mass is 9.88. The van der Waals surface area contributed by atoms with Crippen LogP contribution >= 0.6 is 23.2 Å². The molecule has 3 rings (SSSR count). The Kier molecular flexibility index (Phi) is 5.17. The lowest BCUT2D eigenvalue weighted by Crippen LogP contribution is -2.14. The molecule has 0 spiro atoms. The van der Waals surface area contributed by atoms with Crippen LogP contribution in [0.4, 0.5) is 0 Å². The van der Waals surface area contributed by atoms with E-state index in [2.05, 4.69) is 0 Å². The van der Waals surface area contributed by atoms with Gasteiger partial charge in [0.15, 0.2) is 11.6 Å². The number of Topliss-reactive ketones (excluding diaryl/α,β-unsaturated/α-hetero) is 2. The maximum absolute atomic E-state index is 12.7. The molecule has 1 aliphatic rings. The lowest BCUT2D eigenvalue weighted by molar-refractivity contribution is 0.0960. The number of hydrogen-bond acceptors (Lipinski definition) is 2. The van der Waals surface area contributed by atoms with Crippen LogP contribution in [0.2, 0.25) is 10.0 Å². The molecule has 0 amide bonds. The molecule has 0 aromatic heterocycles. The van der Waals surface area contributed by atoms with Gasteiger partial charge >= 0.3 is 0 Å². The SMILES string of the molecule is O=C(C[C@H]1CCC=C1C(=O)c1ccc(Cl)cc1)c1ccc(Cl)cc1. The molecule has 0 bridgehead atoms. The summed E-state index contributed by atoms with van der Waals surface area (Å²) in [6.07, 6.45) is 3.95. The average molecular weight is 359 g/mol. The number of hydrogen-bond donors (Lipinski definition) is 0. The van der Waals surface area contributed by atoms with Gasteiger partial charge in [0.1, 0.15) is 0 Å². The van der Waals surface area contributed by atoms with E-state index < -0.39 is 0 Å². The summed E-state index contributed by atoms with van der Waals surface area (Å²) < 4.78 is 0. The first kappa shape index (κ1) is 16.9. The zero-order chi connectivity index (χ0) is 17.1. The summed E-state index contributed by atoms with van der Waals surface area (Å²) >= 11 is 11.7. The standard InChI is InChI=1S/C20H16Cl2O2/c21-16-8-4-13(5-9-16)19(23)12-15-2-1-3-18(15)20(24)14-6-10-17(22)11-7-14/h3-11,15H,1-2,12H2/t15-/m1/s1. The molecule has 24 heavy (non-hydrogen) atoms. The summed E-state index contributed by atoms with van der Waals surface area (Å²) in [5, 5.41) is 1.20. The van der Waals surface area contributed by atoms with Crippen molar-refractivity contribution in [1.29, 1.82) is 0 Å². The van der Waals surface area contributed by atoms with E-state index in [1.807, 2.05) is 6.08 Å². The minimum absolute atomic E-state index is 0.0157. The number of rotatable bonds is 5. The van der Waals surface area contributed by atoms with Crippen molar-refractivity contribution in [1.82, 2.24) is 0 Å². The third-order valence-electron chi connectivity index (χ3n) is 4.29. The highest BCUT2D eigenvalue weighted by Crippen LogP contribution is 2.32. The van der Waals surface area contributed by atoms with Gasteiger partial charge in [-0.1, -0.05) is 29.3 Å². The molecule has 4 heteroatoms. The fraction of sp³-hybridized carbons (Fsp3) is 0.200. The molecule has 0 heterocycles. The van der Waals surface area contributed by atoms with E-state index in [1.165, 1.54) is 0 Å². The van der Waals surface area contributed by atoms with Crippen molar-refractivity contribution in [2.24, 2.45) is 5.92 Å². The van der Waals surface area contributed by atoms with Crippen molar-refractivity contribution in [2.45, 2.75) is 19.3 Å². The quantitative estimate of drug-likeness (QED) is 0.634. The number of carbonyl (C=O) groups excluding carboxylic acids is 2. The molecule has 0 fully saturated rings. The molecule has 122 valence electrons. The van der Waals surface area contributed by atoms with Crippen LogP contribution in [0.1, 0.15) is 40.0 Å². The summed E-state index contributed by atoms with van der Waals surface area (Å²) in [6, 6.07) is 13.7. The number of ketones is 2. The maximum atomic E-state index is 12.7. The van der Waals surface area contributed by atoms with E-state index in [-0.39, 0.29) is 17.5 Å². The van der Waals surface area contributed by atoms with Crippen LogP contribution in [0.15, 0.2) is 60.2 Å². The van der Waals surface area contributed by atoms with E-state index in [9.17, 15) is 9.59 Å². The molecule has 0 unspecified atom stereocenters. The van der Waals surface area contributed by atoms with Crippen molar-refractivity contribution < 1.29 is 9.59 Å². The summed E-state index contributed by atoms with van der Waals surface area (Å²) in [7, 11) is 0. The van der Waals surface area contributed by atoms with Crippen molar-refractivity contribution in [3.8, 4) is 0 Å². The molecule has 1 aliphatic carbocycles. The predicted octanol–water partition coefficient (Wildman–Crippen LogP) is 5.79. The van der Waals surface area contributed by atoms with Crippen LogP contribution in [0.5, 0.6) is 0 Å². The highest BCUT2D eigenvalue weighted by molar-refractivity contribution is 6.31. The van der Waals surface area contributed by atoms with Gasteiger partial charge in [0.2, 0.25) is 0 Å². The number of carbonyl (C=O) groups is 2. The second kappa shape index (κ2) is 7.33. The molecule has 2 aromatic carbocycles. The highest BCUT2D eigenvalue weighted by atomic mass is 35.5. The minimum Gasteiger partial charge on any atom is -0.294 e. The van der Waals surface area contributed by atoms with E-state index >= 15 is 0 Å². The van der Waals surface area contributed by atoms with Crippen molar-refractivity contribution in [3.05, 3.63) is 81.4 Å². The van der Waals surface area contributed by atoms with Gasteiger partial charge in [0, 0.05) is 27.6 Å². The van der Waals surface area contributed by atoms with Gasteiger partial charge in [0.25, 0.3) is 0 Å². The molecule has 2 nitrogen and oxygen atoms in total. The monoisotopic (exact) mass is 358 g/mol. The van der Waals surface area contributed by atoms with Crippen LogP contribution < -0.4 is 0 Å². The number of halogens is 2. The Bertz CT molecular complexity index is 789. The normalized spacial score (nSPS) is 16.8. The van der Waals surface area contributed by atoms with Crippen LogP contribution in [0, 0.1) is 5.92 Å². The molecule has 0 saturated carbocycles. The van der Waals surface area contributed by atoms with Gasteiger partial charge < -0.3 is 0 Å². The predicted molar refractivity (Wildman–Crippen MR) is 97.0 cm³/mol. The van der Waals surface area contributed by atoms with Gasteiger partial charge in [-0.3, -0.25) is 9.59 Å². The van der Waals surface area contributed by atoms with E-state index in [4.69, 9.17) is 23.2 Å². The van der Waals surface area contributed by atoms with Crippen LogP contribution in [-0.2, 0) is 0 Å². The van der Waals surface area contributed by atoms with Crippen molar-refractivity contribution in [3.63, 3.8) is 0 Å². The molecule has 0 aliphatic heterocycles. The largest absolute Gasteiger partial charge is 0.294 e. The van der Waals surface area contributed by atoms with E-state index in [1.54, 1.807) is 48.5 Å². The highest BCUT2D eigenvalue weighted by Gasteiger charge is 2.27. The molecule has 1 atom stereocenters. The second-order valence-corrected chi connectivity index (χ2v) is 6.78. The van der Waals surface area contributed by atoms with Crippen molar-refractivity contribution in [2.75, 3.05) is 0 Å². The molecule has 2 aromatic rings. The average Bonchev–Trinajstić information content (AvgIpc) is 3.03. The zero-order valence-electron chi connectivity index (χ0n) is 13.0. The Morgan fingerprint density at radius 2 is 1.42 bits per heavy atom. The smallest absolute Gasteiger partial charge is 0.188 e. The van der Waals surface area contributed by atoms with Crippen molar-refractivity contribution >= 4 is 34.8 Å². The minimum atomic E-state index is -0.0312. The Morgan fingerprint density at radius 1 is 0.875 bits per heavy atom. The fourth-order valence-electron chi connectivity index (χ4n) is 3.00. The summed E-state index contributed by atoms with van der Waals surface area (Å²) in [6.45, 7) is 0. The first-order valence-electron chi connectivity index (χ1n) is 7.83. The van der Waals surface area contributed by atoms with Crippen LogP contribution in [-0.4, -0.2) is 11.6 Å². The fourth-order valence-corrected chi connectivity index (χ4v) is 3.25. The number of benzene rings is 2. The third kappa shape index (κ3) is 3.77. The molecule has 0 saturated heterocycles. The van der Waals surface area contributed by atoms with Gasteiger partial charge in [0.05, 0.1) is 0 Å². The van der Waals surface area contributed by atoms with Gasteiger partial charge in [-0.2, -0.15) is 0 Å². The summed E-state index contributed by atoms with van der Waals surface area (Å²) in [5.74, 6) is -0.0113. The lowest BCUT2D eigenvalue weighted by Gasteiger charge is -2.14. The summed E-state index contributed by atoms with van der Waals surface area (Å²) in [5.41, 5.74) is 1.97. The summed E-state index contributed by atoms with van der Waals surface area (Å²) in [4.78, 5) is 25.2. The van der Waals surface area contributed by atoms with Gasteiger partial charge in [-0.05, 0) is 72.9 Å². The van der Waals surface area contributed by atoms with Crippen LogP contribution in [0.3, 0.4) is 0 Å². The maximum Gasteiger partial charge on any atom is 0.188 e. The van der Waals surface area contributed by atoms with E-state index in [0.29, 0.717) is 27.6 Å². The Labute approximate surface area is 151 Å². The van der Waals surface area contributed by atoms with E-state index in [0.717, 1.165) is 18.4 Å². The van der Waals surface area contributed by atoms with Gasteiger partial charge in [-0.15, -0.1) is 0 Å². The Hall–Kier alpha value is -1.90. The molecule has 0 N–H and O–H groups in total. The topological polar surface area (TPSA) is 34.1 Å². The molecule has 0 radical (unpaired) electrons. The first-order valence-corrected chi connectivity index (χ1v) is 8.59. The molecular weight excluding hydrogens is 343 g/mol. The van der Waals surface area contributed by atoms with Crippen LogP contribution in [0.25, 0.3) is 0 Å². The Balaban J connectivity index is 1.73. The third-order valence-corrected chi connectivity index (χ3v) is 4.79.